The third-order valence-corrected chi connectivity index (χ3v) is 5.66. The van der Waals surface area contributed by atoms with E-state index in [4.69, 9.17) is 9.51 Å². The first-order valence-electron chi connectivity index (χ1n) is 8.35. The van der Waals surface area contributed by atoms with Gasteiger partial charge < -0.3 is 9.51 Å². The number of hydrogen-bond acceptors (Lipinski definition) is 5. The van der Waals surface area contributed by atoms with E-state index in [-0.39, 0.29) is 0 Å². The summed E-state index contributed by atoms with van der Waals surface area (Å²) in [7, 11) is 0. The maximum Gasteiger partial charge on any atom is 0.143 e. The van der Waals surface area contributed by atoms with Gasteiger partial charge in [-0.1, -0.05) is 18.5 Å². The number of aryl methyl sites for hydroxylation is 2. The van der Waals surface area contributed by atoms with Crippen LogP contribution in [0.2, 0.25) is 0 Å². The van der Waals surface area contributed by atoms with E-state index in [2.05, 4.69) is 28.2 Å². The molecule has 0 amide bonds. The second-order valence-corrected chi connectivity index (χ2v) is 7.70. The van der Waals surface area contributed by atoms with Crippen molar-refractivity contribution < 1.29 is 4.52 Å². The molecular formula is C17H26N4OS. The van der Waals surface area contributed by atoms with Gasteiger partial charge in [-0.2, -0.15) is 11.8 Å². The van der Waals surface area contributed by atoms with Crippen LogP contribution in [0.1, 0.15) is 49.5 Å². The summed E-state index contributed by atoms with van der Waals surface area (Å²) < 4.78 is 5.28. The summed E-state index contributed by atoms with van der Waals surface area (Å²) >= 11 is 1.93. The van der Waals surface area contributed by atoms with E-state index in [1.54, 1.807) is 0 Å². The Morgan fingerprint density at radius 3 is 2.96 bits per heavy atom. The SMILES string of the molecule is CSC(C)CN1CCCCC1c1nc(-c2c(C)noc2C)c[nH]1. The Balaban J connectivity index is 1.83. The van der Waals surface area contributed by atoms with Crippen molar-refractivity contribution in [3.8, 4) is 11.3 Å². The number of nitrogens with one attached hydrogen (secondary N) is 1. The zero-order valence-corrected chi connectivity index (χ0v) is 15.2. The van der Waals surface area contributed by atoms with E-state index in [9.17, 15) is 0 Å². The van der Waals surface area contributed by atoms with Gasteiger partial charge in [-0.05, 0) is 39.5 Å². The van der Waals surface area contributed by atoms with Crippen molar-refractivity contribution in [2.75, 3.05) is 19.3 Å². The van der Waals surface area contributed by atoms with Crippen LogP contribution in [0, 0.1) is 13.8 Å². The van der Waals surface area contributed by atoms with Crippen LogP contribution in [0.5, 0.6) is 0 Å². The van der Waals surface area contributed by atoms with Gasteiger partial charge in [-0.25, -0.2) is 4.98 Å². The Morgan fingerprint density at radius 2 is 2.26 bits per heavy atom. The topological polar surface area (TPSA) is 58.0 Å². The number of aromatic amines is 1. The van der Waals surface area contributed by atoms with Crippen LogP contribution in [0.3, 0.4) is 0 Å². The monoisotopic (exact) mass is 334 g/mol. The van der Waals surface area contributed by atoms with E-state index in [0.29, 0.717) is 11.3 Å². The quantitative estimate of drug-likeness (QED) is 0.897. The Labute approximate surface area is 142 Å². The summed E-state index contributed by atoms with van der Waals surface area (Å²) in [6.45, 7) is 8.49. The van der Waals surface area contributed by atoms with Crippen molar-refractivity contribution in [2.45, 2.75) is 51.3 Å². The fourth-order valence-electron chi connectivity index (χ4n) is 3.41. The minimum Gasteiger partial charge on any atom is -0.361 e. The molecule has 1 N–H and O–H groups in total. The lowest BCUT2D eigenvalue weighted by Gasteiger charge is -2.35. The normalized spacial score (nSPS) is 20.8. The average molecular weight is 334 g/mol. The number of hydrogen-bond donors (Lipinski definition) is 1. The molecule has 0 aromatic carbocycles. The predicted molar refractivity (Wildman–Crippen MR) is 94.7 cm³/mol. The standard InChI is InChI=1S/C17H26N4OS/c1-11(23-4)10-21-8-6-5-7-15(21)17-18-9-14(19-17)16-12(2)20-22-13(16)3/h9,11,15H,5-8,10H2,1-4H3,(H,18,19). The zero-order chi connectivity index (χ0) is 16.4. The molecule has 1 aliphatic rings. The number of piperidine rings is 1. The number of likely N-dealkylation sites (tertiary alicyclic amines) is 1. The molecule has 3 rings (SSSR count). The number of imidazole rings is 1. The molecule has 0 spiro atoms. The van der Waals surface area contributed by atoms with Gasteiger partial charge in [0.1, 0.15) is 11.6 Å². The van der Waals surface area contributed by atoms with Crippen molar-refractivity contribution >= 4 is 11.8 Å². The van der Waals surface area contributed by atoms with Crippen LogP contribution in [0.25, 0.3) is 11.3 Å². The molecule has 2 aromatic heterocycles. The first-order valence-corrected chi connectivity index (χ1v) is 9.64. The first kappa shape index (κ1) is 16.6. The van der Waals surface area contributed by atoms with Gasteiger partial charge in [0, 0.05) is 18.0 Å². The maximum absolute atomic E-state index is 5.28. The second kappa shape index (κ2) is 7.09. The predicted octanol–water partition coefficient (Wildman–Crippen LogP) is 3.96. The summed E-state index contributed by atoms with van der Waals surface area (Å²) in [5, 5.41) is 4.68. The molecule has 1 fully saturated rings. The van der Waals surface area contributed by atoms with Gasteiger partial charge >= 0.3 is 0 Å². The summed E-state index contributed by atoms with van der Waals surface area (Å²) in [6.07, 6.45) is 7.92. The fraction of sp³-hybridized carbons (Fsp3) is 0.647. The lowest BCUT2D eigenvalue weighted by molar-refractivity contribution is 0.145. The van der Waals surface area contributed by atoms with E-state index in [1.807, 2.05) is 31.8 Å². The van der Waals surface area contributed by atoms with Gasteiger partial charge in [-0.3, -0.25) is 4.90 Å². The second-order valence-electron chi connectivity index (χ2n) is 6.42. The number of H-pyrrole nitrogens is 1. The number of nitrogens with zero attached hydrogens (tertiary/aromatic N) is 3. The smallest absolute Gasteiger partial charge is 0.143 e. The highest BCUT2D eigenvalue weighted by Crippen LogP contribution is 2.32. The van der Waals surface area contributed by atoms with Gasteiger partial charge in [-0.15, -0.1) is 0 Å². The Hall–Kier alpha value is -1.27. The molecule has 1 saturated heterocycles. The van der Waals surface area contributed by atoms with E-state index in [0.717, 1.165) is 41.6 Å². The molecule has 2 atom stereocenters. The maximum atomic E-state index is 5.28. The van der Waals surface area contributed by atoms with Crippen LogP contribution in [0.15, 0.2) is 10.7 Å². The Bertz CT molecular complexity index is 631. The average Bonchev–Trinajstić information content (AvgIpc) is 3.14. The lowest BCUT2D eigenvalue weighted by atomic mass is 10.0. The number of aromatic nitrogens is 3. The van der Waals surface area contributed by atoms with Crippen LogP contribution in [-0.4, -0.2) is 44.6 Å². The highest BCUT2D eigenvalue weighted by atomic mass is 32.2. The van der Waals surface area contributed by atoms with Crippen molar-refractivity contribution in [1.29, 1.82) is 0 Å². The molecule has 3 heterocycles. The van der Waals surface area contributed by atoms with Crippen LogP contribution < -0.4 is 0 Å². The molecule has 0 saturated carbocycles. The summed E-state index contributed by atoms with van der Waals surface area (Å²) in [5.74, 6) is 1.91. The van der Waals surface area contributed by atoms with E-state index in [1.165, 1.54) is 19.3 Å². The molecule has 0 radical (unpaired) electrons. The Kier molecular flexibility index (Phi) is 5.11. The minimum atomic E-state index is 0.396. The number of rotatable bonds is 5. The third kappa shape index (κ3) is 3.48. The molecule has 5 nitrogen and oxygen atoms in total. The van der Waals surface area contributed by atoms with Gasteiger partial charge in [0.2, 0.25) is 0 Å². The molecular weight excluding hydrogens is 308 g/mol. The van der Waals surface area contributed by atoms with Crippen molar-refractivity contribution in [3.63, 3.8) is 0 Å². The van der Waals surface area contributed by atoms with Gasteiger partial charge in [0.15, 0.2) is 0 Å². The van der Waals surface area contributed by atoms with Crippen molar-refractivity contribution in [2.24, 2.45) is 0 Å². The molecule has 0 bridgehead atoms. The Morgan fingerprint density at radius 1 is 1.43 bits per heavy atom. The molecule has 6 heteroatoms. The highest BCUT2D eigenvalue weighted by molar-refractivity contribution is 7.99. The van der Waals surface area contributed by atoms with Crippen LogP contribution in [0.4, 0.5) is 0 Å². The third-order valence-electron chi connectivity index (χ3n) is 4.71. The summed E-state index contributed by atoms with van der Waals surface area (Å²) in [4.78, 5) is 10.9. The molecule has 126 valence electrons. The summed E-state index contributed by atoms with van der Waals surface area (Å²) in [6, 6.07) is 0.396. The lowest BCUT2D eigenvalue weighted by Crippen LogP contribution is -2.37. The highest BCUT2D eigenvalue weighted by Gasteiger charge is 2.28. The van der Waals surface area contributed by atoms with E-state index < -0.39 is 0 Å². The molecule has 2 aromatic rings. The van der Waals surface area contributed by atoms with Crippen molar-refractivity contribution in [1.82, 2.24) is 20.0 Å². The molecule has 1 aliphatic heterocycles. The molecule has 2 unspecified atom stereocenters. The van der Waals surface area contributed by atoms with Crippen LogP contribution >= 0.6 is 11.8 Å². The zero-order valence-electron chi connectivity index (χ0n) is 14.4. The molecule has 0 aliphatic carbocycles. The van der Waals surface area contributed by atoms with Gasteiger partial charge in [0.25, 0.3) is 0 Å². The largest absolute Gasteiger partial charge is 0.361 e. The van der Waals surface area contributed by atoms with E-state index >= 15 is 0 Å². The first-order chi connectivity index (χ1) is 11.1. The van der Waals surface area contributed by atoms with Crippen LogP contribution in [-0.2, 0) is 0 Å². The summed E-state index contributed by atoms with van der Waals surface area (Å²) in [5.41, 5.74) is 2.86. The minimum absolute atomic E-state index is 0.396. The van der Waals surface area contributed by atoms with Crippen molar-refractivity contribution in [3.05, 3.63) is 23.5 Å². The van der Waals surface area contributed by atoms with Gasteiger partial charge in [0.05, 0.1) is 23.0 Å². The number of thioether (sulfide) groups is 1. The molecule has 23 heavy (non-hydrogen) atoms. The fourth-order valence-corrected chi connectivity index (χ4v) is 3.75.